The number of aromatic nitrogens is 2. The van der Waals surface area contributed by atoms with Crippen LogP contribution in [0.5, 0.6) is 5.75 Å². The molecule has 32 heavy (non-hydrogen) atoms. The summed E-state index contributed by atoms with van der Waals surface area (Å²) in [4.78, 5) is 7.98. The average molecular weight is 445 g/mol. The predicted molar refractivity (Wildman–Crippen MR) is 121 cm³/mol. The Morgan fingerprint density at radius 3 is 2.16 bits per heavy atom. The lowest BCUT2D eigenvalue weighted by atomic mass is 10.0. The number of benzene rings is 2. The molecule has 1 heterocycles. The van der Waals surface area contributed by atoms with Crippen LogP contribution >= 0.6 is 0 Å². The number of nitrogens with zero attached hydrogens (tertiary/aromatic N) is 2. The van der Waals surface area contributed by atoms with E-state index in [1.54, 1.807) is 24.3 Å². The van der Waals surface area contributed by atoms with Gasteiger partial charge in [-0.2, -0.15) is 18.2 Å². The first-order chi connectivity index (χ1) is 14.9. The molecule has 0 amide bonds. The van der Waals surface area contributed by atoms with Crippen molar-refractivity contribution in [3.63, 3.8) is 0 Å². The van der Waals surface area contributed by atoms with Gasteiger partial charge in [0.2, 0.25) is 5.95 Å². The molecule has 2 aromatic carbocycles. The molecule has 3 aromatic rings. The van der Waals surface area contributed by atoms with E-state index in [-0.39, 0.29) is 11.8 Å². The quantitative estimate of drug-likeness (QED) is 0.418. The van der Waals surface area contributed by atoms with Crippen molar-refractivity contribution in [2.45, 2.75) is 52.3 Å². The van der Waals surface area contributed by atoms with Crippen molar-refractivity contribution in [3.05, 3.63) is 65.9 Å². The minimum atomic E-state index is -4.63. The number of halogens is 3. The molecule has 0 aliphatic rings. The molecule has 0 aliphatic carbocycles. The van der Waals surface area contributed by atoms with E-state index in [0.29, 0.717) is 23.0 Å². The van der Waals surface area contributed by atoms with E-state index in [1.807, 2.05) is 45.0 Å². The first kappa shape index (κ1) is 23.4. The molecule has 0 fully saturated rings. The van der Waals surface area contributed by atoms with Crippen LogP contribution in [0, 0.1) is 0 Å². The number of hydrogen-bond acceptors (Lipinski definition) is 5. The first-order valence-electron chi connectivity index (χ1n) is 10.3. The second-order valence-corrected chi connectivity index (χ2v) is 8.69. The van der Waals surface area contributed by atoms with Gasteiger partial charge in [0.05, 0.1) is 5.69 Å². The molecule has 2 N–H and O–H groups in total. The molecule has 0 radical (unpaired) electrons. The van der Waals surface area contributed by atoms with E-state index in [1.165, 1.54) is 0 Å². The molecule has 0 bridgehead atoms. The molecule has 0 saturated carbocycles. The highest BCUT2D eigenvalue weighted by Gasteiger charge is 2.35. The van der Waals surface area contributed by atoms with Crippen LogP contribution in [-0.4, -0.2) is 15.6 Å². The molecule has 0 atom stereocenters. The third-order valence-corrected chi connectivity index (χ3v) is 4.48. The Morgan fingerprint density at radius 2 is 1.56 bits per heavy atom. The number of alkyl halides is 3. The van der Waals surface area contributed by atoms with E-state index in [9.17, 15) is 13.2 Å². The van der Waals surface area contributed by atoms with Crippen LogP contribution in [0.25, 0.3) is 0 Å². The van der Waals surface area contributed by atoms with Gasteiger partial charge in [0.1, 0.15) is 22.7 Å². The molecular formula is C24H27F3N4O. The summed E-state index contributed by atoms with van der Waals surface area (Å²) in [7, 11) is 0. The summed E-state index contributed by atoms with van der Waals surface area (Å²) < 4.78 is 46.8. The summed E-state index contributed by atoms with van der Waals surface area (Å²) in [5, 5.41) is 5.75. The fourth-order valence-corrected chi connectivity index (χ4v) is 2.94. The molecule has 0 aliphatic heterocycles. The fraction of sp³-hybridized carbons (Fsp3) is 0.333. The SMILES string of the molecule is CC(C)c1ccc(Nc2ncc(C(F)(F)F)c(Nc3ccccc3OC(C)(C)C)n2)cc1. The lowest BCUT2D eigenvalue weighted by molar-refractivity contribution is -0.137. The molecule has 8 heteroatoms. The molecule has 0 unspecified atom stereocenters. The van der Waals surface area contributed by atoms with Gasteiger partial charge in [-0.05, 0) is 56.5 Å². The van der Waals surface area contributed by atoms with Crippen molar-refractivity contribution in [3.8, 4) is 5.75 Å². The van der Waals surface area contributed by atoms with Crippen LogP contribution in [0.3, 0.4) is 0 Å². The van der Waals surface area contributed by atoms with Crippen LogP contribution in [0.2, 0.25) is 0 Å². The van der Waals surface area contributed by atoms with Crippen molar-refractivity contribution in [1.82, 2.24) is 9.97 Å². The van der Waals surface area contributed by atoms with Gasteiger partial charge < -0.3 is 15.4 Å². The first-order valence-corrected chi connectivity index (χ1v) is 10.3. The van der Waals surface area contributed by atoms with E-state index in [2.05, 4.69) is 34.4 Å². The maximum atomic E-state index is 13.6. The molecule has 5 nitrogen and oxygen atoms in total. The smallest absolute Gasteiger partial charge is 0.421 e. The molecule has 3 rings (SSSR count). The molecule has 1 aromatic heterocycles. The van der Waals surface area contributed by atoms with E-state index in [4.69, 9.17) is 4.74 Å². The Balaban J connectivity index is 1.94. The molecule has 0 saturated heterocycles. The third-order valence-electron chi connectivity index (χ3n) is 4.48. The summed E-state index contributed by atoms with van der Waals surface area (Å²) in [6.45, 7) is 9.76. The summed E-state index contributed by atoms with van der Waals surface area (Å²) in [5.41, 5.74) is 0.714. The van der Waals surface area contributed by atoms with E-state index < -0.39 is 17.3 Å². The van der Waals surface area contributed by atoms with E-state index in [0.717, 1.165) is 11.8 Å². The zero-order valence-electron chi connectivity index (χ0n) is 18.7. The van der Waals surface area contributed by atoms with Gasteiger partial charge in [-0.15, -0.1) is 0 Å². The van der Waals surface area contributed by atoms with Gasteiger partial charge in [0, 0.05) is 11.9 Å². The van der Waals surface area contributed by atoms with Gasteiger partial charge in [-0.25, -0.2) is 4.98 Å². The highest BCUT2D eigenvalue weighted by Crippen LogP contribution is 2.37. The second-order valence-electron chi connectivity index (χ2n) is 8.69. The average Bonchev–Trinajstić information content (AvgIpc) is 2.68. The predicted octanol–water partition coefficient (Wildman–Crippen LogP) is 7.28. The van der Waals surface area contributed by atoms with Crippen LogP contribution in [0.15, 0.2) is 54.7 Å². The minimum Gasteiger partial charge on any atom is -0.486 e. The normalized spacial score (nSPS) is 12.0. The summed E-state index contributed by atoms with van der Waals surface area (Å²) in [5.74, 6) is 0.480. The van der Waals surface area contributed by atoms with Gasteiger partial charge in [-0.1, -0.05) is 38.1 Å². The largest absolute Gasteiger partial charge is 0.486 e. The van der Waals surface area contributed by atoms with Gasteiger partial charge in [0.25, 0.3) is 0 Å². The number of ether oxygens (including phenoxy) is 1. The van der Waals surface area contributed by atoms with E-state index >= 15 is 0 Å². The number of nitrogens with one attached hydrogen (secondary N) is 2. The summed E-state index contributed by atoms with van der Waals surface area (Å²) in [6.07, 6.45) is -3.85. The summed E-state index contributed by atoms with van der Waals surface area (Å²) >= 11 is 0. The highest BCUT2D eigenvalue weighted by atomic mass is 19.4. The van der Waals surface area contributed by atoms with Crippen molar-refractivity contribution < 1.29 is 17.9 Å². The fourth-order valence-electron chi connectivity index (χ4n) is 2.94. The van der Waals surface area contributed by atoms with Gasteiger partial charge >= 0.3 is 6.18 Å². The molecule has 0 spiro atoms. The van der Waals surface area contributed by atoms with Crippen molar-refractivity contribution in [2.24, 2.45) is 0 Å². The zero-order chi connectivity index (χ0) is 23.5. The maximum absolute atomic E-state index is 13.6. The Bertz CT molecular complexity index is 1060. The maximum Gasteiger partial charge on any atom is 0.421 e. The Morgan fingerprint density at radius 1 is 0.906 bits per heavy atom. The second kappa shape index (κ2) is 9.06. The molecular weight excluding hydrogens is 417 g/mol. The lowest BCUT2D eigenvalue weighted by Gasteiger charge is -2.24. The van der Waals surface area contributed by atoms with Crippen LogP contribution < -0.4 is 15.4 Å². The topological polar surface area (TPSA) is 59.1 Å². The van der Waals surface area contributed by atoms with Gasteiger partial charge in [0.15, 0.2) is 0 Å². The van der Waals surface area contributed by atoms with Crippen molar-refractivity contribution in [2.75, 3.05) is 10.6 Å². The third kappa shape index (κ3) is 6.12. The minimum absolute atomic E-state index is 0.0482. The number of anilines is 4. The van der Waals surface area contributed by atoms with Crippen LogP contribution in [0.1, 0.15) is 51.7 Å². The standard InChI is InChI=1S/C24H27F3N4O/c1-15(2)16-10-12-17(13-11-16)29-22-28-14-18(24(25,26)27)21(31-22)30-19-8-6-7-9-20(19)32-23(3,4)5/h6-15H,1-5H3,(H2,28,29,30,31). The molecule has 170 valence electrons. The van der Waals surface area contributed by atoms with Crippen LogP contribution in [-0.2, 0) is 6.18 Å². The van der Waals surface area contributed by atoms with Crippen LogP contribution in [0.4, 0.5) is 36.3 Å². The zero-order valence-corrected chi connectivity index (χ0v) is 18.7. The number of hydrogen-bond donors (Lipinski definition) is 2. The Kier molecular flexibility index (Phi) is 6.62. The monoisotopic (exact) mass is 444 g/mol. The number of rotatable bonds is 6. The Labute approximate surface area is 186 Å². The van der Waals surface area contributed by atoms with Crippen molar-refractivity contribution in [1.29, 1.82) is 0 Å². The highest BCUT2D eigenvalue weighted by molar-refractivity contribution is 5.67. The van der Waals surface area contributed by atoms with Gasteiger partial charge in [-0.3, -0.25) is 0 Å². The lowest BCUT2D eigenvalue weighted by Crippen LogP contribution is -2.23. The number of para-hydroxylation sites is 2. The van der Waals surface area contributed by atoms with Crippen molar-refractivity contribution >= 4 is 23.1 Å². The Hall–Kier alpha value is -3.29. The summed E-state index contributed by atoms with van der Waals surface area (Å²) in [6, 6.07) is 14.4.